The van der Waals surface area contributed by atoms with Gasteiger partial charge < -0.3 is 53.9 Å². The van der Waals surface area contributed by atoms with Crippen molar-refractivity contribution in [1.29, 1.82) is 5.26 Å². The standard InChI is InChI=1S/C58H71N11O8S/c1-36(2)53(52-25-37(3)65-77-52)57(72)69-31-44(70)28-50(69)56(71)61-29-41-14-13-40(54-38(4)62-35-78-54)26-51(41)75-24-22-73-21-23-74-45-27-43(66(5)32-45)34-76-58-63-48-33-67(49-12-8-10-39-9-6-7-11-46(39)49)19-16-47(48)55(64-58)68-20-18-60-42(30-68)15-17-59/h6-14,25-26,35-36,42-45,50,53,60,70H,15-16,18-24,27-34H2,1-5H3,(H,61,71)/t42?,43-,44+,45+,50-,53?/m0/s1. The molecule has 3 fully saturated rings. The van der Waals surface area contributed by atoms with Crippen molar-refractivity contribution in [2.75, 3.05) is 89.2 Å². The molecule has 3 N–H and O–H groups in total. The second-order valence-electron chi connectivity index (χ2n) is 21.3. The summed E-state index contributed by atoms with van der Waals surface area (Å²) in [5.41, 5.74) is 8.40. The van der Waals surface area contributed by atoms with Gasteiger partial charge in [0.1, 0.15) is 42.5 Å². The number of nitriles is 1. The van der Waals surface area contributed by atoms with Crippen molar-refractivity contribution < 1.29 is 38.2 Å². The Hall–Kier alpha value is -6.73. The maximum atomic E-state index is 14.0. The molecule has 412 valence electrons. The number of amides is 2. The number of anilines is 2. The lowest BCUT2D eigenvalue weighted by atomic mass is 9.91. The summed E-state index contributed by atoms with van der Waals surface area (Å²) in [5.74, 6) is 0.534. The molecule has 10 rings (SSSR count). The Labute approximate surface area is 459 Å². The third kappa shape index (κ3) is 12.6. The number of hydrogen-bond donors (Lipinski definition) is 3. The number of aromatic nitrogens is 4. The van der Waals surface area contributed by atoms with Crippen LogP contribution in [0.15, 0.2) is 76.8 Å². The van der Waals surface area contributed by atoms with E-state index >= 15 is 0 Å². The van der Waals surface area contributed by atoms with Crippen LogP contribution in [0, 0.1) is 31.1 Å². The molecule has 3 aromatic heterocycles. The number of β-amino-alcohol motifs (C(OH)–C–C–N with tert-alkyl or cyclic N) is 1. The van der Waals surface area contributed by atoms with Crippen LogP contribution in [-0.2, 0) is 38.6 Å². The second kappa shape index (κ2) is 24.9. The number of carbonyl (C=O) groups excluding carboxylic acids is 2. The van der Waals surface area contributed by atoms with Crippen LogP contribution in [-0.4, -0.2) is 157 Å². The second-order valence-corrected chi connectivity index (χ2v) is 22.1. The first-order valence-electron chi connectivity index (χ1n) is 27.3. The van der Waals surface area contributed by atoms with E-state index in [4.69, 9.17) is 33.4 Å². The summed E-state index contributed by atoms with van der Waals surface area (Å²) in [7, 11) is 2.09. The van der Waals surface area contributed by atoms with E-state index in [-0.39, 0.29) is 62.0 Å². The normalized spacial score (nSPS) is 21.0. The fraction of sp³-hybridized carbons (Fsp3) is 0.500. The highest BCUT2D eigenvalue weighted by Gasteiger charge is 2.43. The van der Waals surface area contributed by atoms with Gasteiger partial charge in [0.15, 0.2) is 0 Å². The van der Waals surface area contributed by atoms with E-state index in [1.807, 2.05) is 44.5 Å². The third-order valence-corrected chi connectivity index (χ3v) is 16.4. The monoisotopic (exact) mass is 1080 g/mol. The SMILES string of the molecule is Cc1cc(C(C(=O)N2C[C@H](O)C[C@H]2C(=O)NCc2ccc(-c3scnc3C)cc2OCCOCCO[C@@H]2C[C@@H](COc3nc4c(c(N5CCNC(CC#N)C5)n3)CCN(c3cccc5ccccc35)C4)N(C)C2)C(C)C)on1. The van der Waals surface area contributed by atoms with E-state index in [9.17, 15) is 20.0 Å². The quantitative estimate of drug-likeness (QED) is 0.0685. The van der Waals surface area contributed by atoms with Crippen LogP contribution in [0.4, 0.5) is 11.5 Å². The van der Waals surface area contributed by atoms with Gasteiger partial charge in [-0.1, -0.05) is 67.5 Å². The number of ether oxygens (including phenoxy) is 4. The number of likely N-dealkylation sites (tertiary alicyclic amines) is 2. The lowest BCUT2D eigenvalue weighted by Gasteiger charge is -2.37. The van der Waals surface area contributed by atoms with Crippen LogP contribution in [0.3, 0.4) is 0 Å². The molecule has 0 aliphatic carbocycles. The van der Waals surface area contributed by atoms with Crippen molar-refractivity contribution in [3.8, 4) is 28.3 Å². The van der Waals surface area contributed by atoms with Crippen molar-refractivity contribution in [1.82, 2.24) is 40.5 Å². The lowest BCUT2D eigenvalue weighted by molar-refractivity contribution is -0.141. The Bertz CT molecular complexity index is 3080. The van der Waals surface area contributed by atoms with Gasteiger partial charge in [0.05, 0.1) is 78.5 Å². The van der Waals surface area contributed by atoms with Crippen molar-refractivity contribution in [3.63, 3.8) is 0 Å². The number of nitrogens with zero attached hydrogens (tertiary/aromatic N) is 9. The number of fused-ring (bicyclic) bond motifs is 2. The average molecular weight is 1080 g/mol. The van der Waals surface area contributed by atoms with Gasteiger partial charge in [0.25, 0.3) is 0 Å². The number of benzene rings is 3. The largest absolute Gasteiger partial charge is 0.491 e. The Morgan fingerprint density at radius 2 is 1.82 bits per heavy atom. The topological polar surface area (TPSA) is 217 Å². The van der Waals surface area contributed by atoms with Crippen LogP contribution in [0.2, 0.25) is 0 Å². The van der Waals surface area contributed by atoms with Gasteiger partial charge in [-0.3, -0.25) is 14.5 Å². The number of aryl methyl sites for hydroxylation is 2. The Kier molecular flexibility index (Phi) is 17.5. The zero-order valence-corrected chi connectivity index (χ0v) is 46.0. The first-order chi connectivity index (χ1) is 37.9. The van der Waals surface area contributed by atoms with Crippen LogP contribution in [0.5, 0.6) is 11.8 Å². The van der Waals surface area contributed by atoms with E-state index in [1.165, 1.54) is 21.4 Å². The molecule has 19 nitrogen and oxygen atoms in total. The number of nitrogens with one attached hydrogen (secondary N) is 2. The van der Waals surface area contributed by atoms with Gasteiger partial charge in [0, 0.05) is 92.6 Å². The van der Waals surface area contributed by atoms with Gasteiger partial charge >= 0.3 is 6.01 Å². The van der Waals surface area contributed by atoms with Gasteiger partial charge in [-0.2, -0.15) is 15.2 Å². The Morgan fingerprint density at radius 1 is 0.974 bits per heavy atom. The van der Waals surface area contributed by atoms with Gasteiger partial charge in [-0.15, -0.1) is 11.3 Å². The third-order valence-electron chi connectivity index (χ3n) is 15.4. The molecule has 4 aliphatic rings. The number of carbonyl (C=O) groups is 2. The fourth-order valence-electron chi connectivity index (χ4n) is 11.4. The highest BCUT2D eigenvalue weighted by molar-refractivity contribution is 7.13. The predicted octanol–water partition coefficient (Wildman–Crippen LogP) is 6.19. The molecular weight excluding hydrogens is 1010 g/mol. The summed E-state index contributed by atoms with van der Waals surface area (Å²) < 4.78 is 30.7. The van der Waals surface area contributed by atoms with Crippen LogP contribution in [0.25, 0.3) is 21.2 Å². The number of piperazine rings is 1. The smallest absolute Gasteiger partial charge is 0.318 e. The summed E-state index contributed by atoms with van der Waals surface area (Å²) in [4.78, 5) is 51.9. The molecule has 3 saturated heterocycles. The summed E-state index contributed by atoms with van der Waals surface area (Å²) in [6, 6.07) is 24.6. The molecule has 2 unspecified atom stereocenters. The molecular formula is C58H71N11O8S. The van der Waals surface area contributed by atoms with Crippen LogP contribution < -0.4 is 29.9 Å². The van der Waals surface area contributed by atoms with E-state index in [0.717, 1.165) is 77.8 Å². The molecule has 0 radical (unpaired) electrons. The number of rotatable bonds is 21. The van der Waals surface area contributed by atoms with E-state index < -0.39 is 18.1 Å². The number of aliphatic hydroxyl groups is 1. The van der Waals surface area contributed by atoms with Crippen molar-refractivity contribution in [2.24, 2.45) is 5.92 Å². The van der Waals surface area contributed by atoms with Crippen LogP contribution >= 0.6 is 11.3 Å². The minimum Gasteiger partial charge on any atom is -0.491 e. The first-order valence-corrected chi connectivity index (χ1v) is 28.1. The minimum atomic E-state index is -0.854. The zero-order chi connectivity index (χ0) is 54.3. The van der Waals surface area contributed by atoms with Gasteiger partial charge in [-0.25, -0.2) is 4.98 Å². The predicted molar refractivity (Wildman–Crippen MR) is 297 cm³/mol. The number of aliphatic hydroxyl groups excluding tert-OH is 1. The van der Waals surface area contributed by atoms with Crippen LogP contribution in [0.1, 0.15) is 73.0 Å². The molecule has 2 amide bonds. The summed E-state index contributed by atoms with van der Waals surface area (Å²) in [6.07, 6.45) is 1.31. The maximum absolute atomic E-state index is 14.0. The molecule has 6 atom stereocenters. The molecule has 6 aromatic rings. The lowest BCUT2D eigenvalue weighted by Crippen LogP contribution is -2.51. The Morgan fingerprint density at radius 3 is 2.63 bits per heavy atom. The molecule has 0 saturated carbocycles. The summed E-state index contributed by atoms with van der Waals surface area (Å²) in [6.45, 7) is 14.1. The summed E-state index contributed by atoms with van der Waals surface area (Å²) >= 11 is 1.54. The van der Waals surface area contributed by atoms with Crippen molar-refractivity contribution >= 4 is 45.4 Å². The number of likely N-dealkylation sites (N-methyl/N-ethyl adjacent to an activating group) is 1. The van der Waals surface area contributed by atoms with E-state index in [2.05, 4.69) is 91.1 Å². The number of thiazole rings is 1. The maximum Gasteiger partial charge on any atom is 0.318 e. The highest BCUT2D eigenvalue weighted by Crippen LogP contribution is 2.37. The molecule has 4 aliphatic heterocycles. The van der Waals surface area contributed by atoms with E-state index in [0.29, 0.717) is 69.2 Å². The van der Waals surface area contributed by atoms with Gasteiger partial charge in [0.2, 0.25) is 11.8 Å². The first kappa shape index (κ1) is 54.6. The average Bonchev–Trinajstić information content (AvgIpc) is 4.32. The summed E-state index contributed by atoms with van der Waals surface area (Å²) in [5, 5.41) is 33.1. The molecule has 78 heavy (non-hydrogen) atoms. The van der Waals surface area contributed by atoms with Crippen molar-refractivity contribution in [2.45, 2.75) is 103 Å². The molecule has 0 spiro atoms. The van der Waals surface area contributed by atoms with Gasteiger partial charge in [-0.05, 0) is 62.7 Å². The fourth-order valence-corrected chi connectivity index (χ4v) is 12.2. The molecule has 20 heteroatoms. The van der Waals surface area contributed by atoms with E-state index in [1.54, 1.807) is 24.3 Å². The molecule has 7 heterocycles. The highest BCUT2D eigenvalue weighted by atomic mass is 32.1. The zero-order valence-electron chi connectivity index (χ0n) is 45.2. The minimum absolute atomic E-state index is 0.00163. The Balaban J connectivity index is 0.718. The molecule has 3 aromatic carbocycles. The van der Waals surface area contributed by atoms with Crippen molar-refractivity contribution in [3.05, 3.63) is 106 Å². The number of hydrogen-bond acceptors (Lipinski definition) is 18. The molecule has 0 bridgehead atoms.